The van der Waals surface area contributed by atoms with E-state index < -0.39 is 0 Å². The van der Waals surface area contributed by atoms with Crippen molar-refractivity contribution in [3.8, 4) is 11.5 Å². The van der Waals surface area contributed by atoms with Crippen LogP contribution in [0.5, 0.6) is 11.5 Å². The van der Waals surface area contributed by atoms with Crippen LogP contribution in [0, 0.1) is 5.92 Å². The minimum Gasteiger partial charge on any atom is -0.493 e. The van der Waals surface area contributed by atoms with Crippen molar-refractivity contribution in [1.82, 2.24) is 9.88 Å². The molecule has 2 aliphatic rings. The van der Waals surface area contributed by atoms with E-state index in [0.29, 0.717) is 0 Å². The van der Waals surface area contributed by atoms with Crippen molar-refractivity contribution in [2.75, 3.05) is 33.4 Å². The number of pyridine rings is 1. The lowest BCUT2D eigenvalue weighted by Gasteiger charge is -2.24. The van der Waals surface area contributed by atoms with Gasteiger partial charge in [0.1, 0.15) is 0 Å². The average Bonchev–Trinajstić information content (AvgIpc) is 3.22. The molecule has 1 saturated heterocycles. The predicted molar refractivity (Wildman–Crippen MR) is 117 cm³/mol. The van der Waals surface area contributed by atoms with Gasteiger partial charge < -0.3 is 14.4 Å². The minimum atomic E-state index is 0.728. The zero-order valence-corrected chi connectivity index (χ0v) is 17.7. The number of benzene rings is 1. The third-order valence-corrected chi connectivity index (χ3v) is 6.28. The first-order chi connectivity index (χ1) is 14.3. The molecule has 29 heavy (non-hydrogen) atoms. The molecule has 0 amide bonds. The van der Waals surface area contributed by atoms with Crippen molar-refractivity contribution < 1.29 is 9.47 Å². The van der Waals surface area contributed by atoms with Crippen molar-refractivity contribution in [2.24, 2.45) is 5.92 Å². The third-order valence-electron chi connectivity index (χ3n) is 6.28. The Bertz CT molecular complexity index is 782. The second-order valence-electron chi connectivity index (χ2n) is 8.53. The smallest absolute Gasteiger partial charge is 0.161 e. The second-order valence-corrected chi connectivity index (χ2v) is 8.53. The number of aromatic nitrogens is 1. The quantitative estimate of drug-likeness (QED) is 0.538. The molecule has 4 heteroatoms. The SMILES string of the molecule is COc1ccc(Cc2cccc(CC3CCC3)n2)cc1OCCCN1CCCC1. The van der Waals surface area contributed by atoms with Crippen molar-refractivity contribution in [3.05, 3.63) is 53.3 Å². The van der Waals surface area contributed by atoms with Gasteiger partial charge in [-0.2, -0.15) is 0 Å². The van der Waals surface area contributed by atoms with Crippen molar-refractivity contribution >= 4 is 0 Å². The summed E-state index contributed by atoms with van der Waals surface area (Å²) >= 11 is 0. The first-order valence-corrected chi connectivity index (χ1v) is 11.3. The molecule has 4 rings (SSSR count). The van der Waals surface area contributed by atoms with E-state index in [1.807, 2.05) is 6.07 Å². The maximum atomic E-state index is 6.09. The van der Waals surface area contributed by atoms with Crippen LogP contribution in [0.2, 0.25) is 0 Å². The molecule has 0 N–H and O–H groups in total. The van der Waals surface area contributed by atoms with Gasteiger partial charge in [0.25, 0.3) is 0 Å². The molecule has 0 unspecified atom stereocenters. The lowest BCUT2D eigenvalue weighted by atomic mass is 9.82. The van der Waals surface area contributed by atoms with Crippen LogP contribution >= 0.6 is 0 Å². The molecule has 0 radical (unpaired) electrons. The van der Waals surface area contributed by atoms with Crippen LogP contribution in [0.1, 0.15) is 55.5 Å². The zero-order valence-electron chi connectivity index (χ0n) is 17.7. The molecule has 1 aliphatic carbocycles. The van der Waals surface area contributed by atoms with Gasteiger partial charge in [-0.1, -0.05) is 31.4 Å². The van der Waals surface area contributed by atoms with Gasteiger partial charge in [0.05, 0.1) is 13.7 Å². The number of likely N-dealkylation sites (tertiary alicyclic amines) is 1. The van der Waals surface area contributed by atoms with E-state index in [2.05, 4.69) is 35.2 Å². The fourth-order valence-electron chi connectivity index (χ4n) is 4.36. The maximum absolute atomic E-state index is 6.09. The van der Waals surface area contributed by atoms with E-state index in [1.165, 1.54) is 56.5 Å². The van der Waals surface area contributed by atoms with E-state index >= 15 is 0 Å². The number of ether oxygens (including phenoxy) is 2. The summed E-state index contributed by atoms with van der Waals surface area (Å²) in [6.45, 7) is 4.34. The van der Waals surface area contributed by atoms with Gasteiger partial charge in [-0.05, 0) is 74.5 Å². The van der Waals surface area contributed by atoms with Crippen LogP contribution in [0.4, 0.5) is 0 Å². The van der Waals surface area contributed by atoms with E-state index in [0.717, 1.165) is 55.5 Å². The lowest BCUT2D eigenvalue weighted by Crippen LogP contribution is -2.21. The number of hydrogen-bond donors (Lipinski definition) is 0. The van der Waals surface area contributed by atoms with E-state index in [1.54, 1.807) is 7.11 Å². The van der Waals surface area contributed by atoms with Gasteiger partial charge in [0.2, 0.25) is 0 Å². The highest BCUT2D eigenvalue weighted by Crippen LogP contribution is 2.30. The predicted octanol–water partition coefficient (Wildman–Crippen LogP) is 4.89. The molecule has 2 fully saturated rings. The Balaban J connectivity index is 1.34. The van der Waals surface area contributed by atoms with Gasteiger partial charge in [-0.15, -0.1) is 0 Å². The summed E-state index contributed by atoms with van der Waals surface area (Å²) in [6.07, 6.45) is 9.80. The first kappa shape index (κ1) is 20.2. The molecular weight excluding hydrogens is 360 g/mol. The Morgan fingerprint density at radius 2 is 1.83 bits per heavy atom. The summed E-state index contributed by atoms with van der Waals surface area (Å²) in [7, 11) is 1.71. The van der Waals surface area contributed by atoms with Crippen LogP contribution in [-0.2, 0) is 12.8 Å². The van der Waals surface area contributed by atoms with E-state index in [9.17, 15) is 0 Å². The molecule has 4 nitrogen and oxygen atoms in total. The van der Waals surface area contributed by atoms with Gasteiger partial charge >= 0.3 is 0 Å². The zero-order chi connectivity index (χ0) is 19.9. The maximum Gasteiger partial charge on any atom is 0.161 e. The van der Waals surface area contributed by atoms with Crippen LogP contribution in [0.3, 0.4) is 0 Å². The molecule has 1 saturated carbocycles. The summed E-state index contributed by atoms with van der Waals surface area (Å²) in [5.74, 6) is 2.50. The summed E-state index contributed by atoms with van der Waals surface area (Å²) in [6, 6.07) is 12.7. The lowest BCUT2D eigenvalue weighted by molar-refractivity contribution is 0.254. The Morgan fingerprint density at radius 3 is 2.59 bits per heavy atom. The Morgan fingerprint density at radius 1 is 1.00 bits per heavy atom. The van der Waals surface area contributed by atoms with Crippen LogP contribution in [-0.4, -0.2) is 43.2 Å². The molecule has 1 aliphatic heterocycles. The van der Waals surface area contributed by atoms with Gasteiger partial charge in [-0.3, -0.25) is 4.98 Å². The molecule has 156 valence electrons. The first-order valence-electron chi connectivity index (χ1n) is 11.3. The largest absolute Gasteiger partial charge is 0.493 e. The molecule has 0 atom stereocenters. The van der Waals surface area contributed by atoms with Crippen molar-refractivity contribution in [2.45, 2.75) is 51.4 Å². The highest BCUT2D eigenvalue weighted by molar-refractivity contribution is 5.44. The fraction of sp³-hybridized carbons (Fsp3) is 0.560. The average molecular weight is 395 g/mol. The van der Waals surface area contributed by atoms with Crippen LogP contribution in [0.15, 0.2) is 36.4 Å². The minimum absolute atomic E-state index is 0.728. The molecular formula is C25H34N2O2. The number of hydrogen-bond acceptors (Lipinski definition) is 4. The Labute approximate surface area is 175 Å². The van der Waals surface area contributed by atoms with Crippen molar-refractivity contribution in [1.29, 1.82) is 0 Å². The van der Waals surface area contributed by atoms with Crippen LogP contribution in [0.25, 0.3) is 0 Å². The monoisotopic (exact) mass is 394 g/mol. The Kier molecular flexibility index (Phi) is 7.04. The van der Waals surface area contributed by atoms with Gasteiger partial charge in [-0.25, -0.2) is 0 Å². The molecule has 1 aromatic heterocycles. The van der Waals surface area contributed by atoms with Crippen molar-refractivity contribution in [3.63, 3.8) is 0 Å². The topological polar surface area (TPSA) is 34.6 Å². The molecule has 0 spiro atoms. The summed E-state index contributed by atoms with van der Waals surface area (Å²) in [5.41, 5.74) is 3.58. The fourth-order valence-corrected chi connectivity index (χ4v) is 4.36. The van der Waals surface area contributed by atoms with Gasteiger partial charge in [0.15, 0.2) is 11.5 Å². The molecule has 2 heterocycles. The summed E-state index contributed by atoms with van der Waals surface area (Å²) < 4.78 is 11.6. The van der Waals surface area contributed by atoms with E-state index in [4.69, 9.17) is 14.5 Å². The number of methoxy groups -OCH3 is 1. The molecule has 0 bridgehead atoms. The second kappa shape index (κ2) is 10.1. The number of rotatable bonds is 10. The Hall–Kier alpha value is -2.07. The highest BCUT2D eigenvalue weighted by atomic mass is 16.5. The standard InChI is InChI=1S/C25H34N2O2/c1-28-24-12-11-21(19-25(24)29-16-6-15-27-13-2-3-14-27)18-23-10-5-9-22(26-23)17-20-7-4-8-20/h5,9-12,19-20H,2-4,6-8,13-18H2,1H3. The normalized spacial score (nSPS) is 17.3. The third kappa shape index (κ3) is 5.72. The highest BCUT2D eigenvalue weighted by Gasteiger charge is 2.18. The molecule has 1 aromatic carbocycles. The summed E-state index contributed by atoms with van der Waals surface area (Å²) in [4.78, 5) is 7.43. The van der Waals surface area contributed by atoms with Gasteiger partial charge in [0, 0.05) is 24.4 Å². The van der Waals surface area contributed by atoms with Crippen LogP contribution < -0.4 is 9.47 Å². The van der Waals surface area contributed by atoms with E-state index in [-0.39, 0.29) is 0 Å². The number of nitrogens with zero attached hydrogens (tertiary/aromatic N) is 2. The summed E-state index contributed by atoms with van der Waals surface area (Å²) in [5, 5.41) is 0. The molecule has 2 aromatic rings.